The lowest BCUT2D eigenvalue weighted by Crippen LogP contribution is -2.32. The molecule has 0 amide bonds. The second-order valence-corrected chi connectivity index (χ2v) is 7.86. The maximum Gasteiger partial charge on any atom is 0.435 e. The van der Waals surface area contributed by atoms with Crippen molar-refractivity contribution in [3.8, 4) is 0 Å². The molecule has 6 nitrogen and oxygen atoms in total. The van der Waals surface area contributed by atoms with E-state index < -0.39 is 11.7 Å². The van der Waals surface area contributed by atoms with Gasteiger partial charge in [0.1, 0.15) is 5.60 Å². The van der Waals surface area contributed by atoms with Crippen LogP contribution in [-0.2, 0) is 9.53 Å². The number of hydrogen-bond acceptors (Lipinski definition) is 6. The highest BCUT2D eigenvalue weighted by atomic mass is 32.2. The smallest absolute Gasteiger partial charge is 0.435 e. The Kier molecular flexibility index (Phi) is 5.64. The van der Waals surface area contributed by atoms with Crippen LogP contribution < -0.4 is 5.32 Å². The topological polar surface area (TPSA) is 73.2 Å². The summed E-state index contributed by atoms with van der Waals surface area (Å²) in [6.45, 7) is 8.67. The summed E-state index contributed by atoms with van der Waals surface area (Å²) in [5.74, 6) is 0. The maximum atomic E-state index is 12.0. The van der Waals surface area contributed by atoms with Gasteiger partial charge in [0.25, 0.3) is 0 Å². The average molecular weight is 337 g/mol. The fourth-order valence-corrected chi connectivity index (χ4v) is 3.22. The average Bonchev–Trinajstić information content (AvgIpc) is 2.87. The Bertz CT molecular complexity index is 616. The van der Waals surface area contributed by atoms with Crippen molar-refractivity contribution in [2.45, 2.75) is 45.0 Å². The molecule has 126 valence electrons. The molecule has 2 rings (SSSR count). The number of rotatable bonds is 2. The minimum absolute atomic E-state index is 0.118. The quantitative estimate of drug-likeness (QED) is 0.894. The van der Waals surface area contributed by atoms with E-state index in [1.165, 1.54) is 16.4 Å². The zero-order valence-corrected chi connectivity index (χ0v) is 14.8. The zero-order valence-electron chi connectivity index (χ0n) is 14.0. The summed E-state index contributed by atoms with van der Waals surface area (Å²) < 4.78 is 6.48. The highest BCUT2D eigenvalue weighted by molar-refractivity contribution is 8.14. The lowest BCUT2D eigenvalue weighted by Gasteiger charge is -2.24. The zero-order chi connectivity index (χ0) is 17.0. The number of piperidine rings is 1. The van der Waals surface area contributed by atoms with Crippen molar-refractivity contribution < 1.29 is 14.3 Å². The van der Waals surface area contributed by atoms with Crippen LogP contribution in [0, 0.1) is 0 Å². The van der Waals surface area contributed by atoms with E-state index in [1.54, 1.807) is 19.3 Å². The summed E-state index contributed by atoms with van der Waals surface area (Å²) in [4.78, 5) is 23.3. The second kappa shape index (κ2) is 7.31. The minimum Gasteiger partial charge on any atom is -0.442 e. The molecule has 1 saturated heterocycles. The van der Waals surface area contributed by atoms with Crippen LogP contribution in [0.1, 0.15) is 39.7 Å². The van der Waals surface area contributed by atoms with E-state index in [1.807, 2.05) is 26.8 Å². The van der Waals surface area contributed by atoms with Crippen molar-refractivity contribution >= 4 is 29.0 Å². The summed E-state index contributed by atoms with van der Waals surface area (Å²) >= 11 is 1.36. The van der Waals surface area contributed by atoms with E-state index in [9.17, 15) is 9.59 Å². The molecule has 1 aliphatic rings. The van der Waals surface area contributed by atoms with Crippen molar-refractivity contribution in [1.82, 2.24) is 15.1 Å². The van der Waals surface area contributed by atoms with E-state index >= 15 is 0 Å². The third kappa shape index (κ3) is 5.51. The highest BCUT2D eigenvalue weighted by Gasteiger charge is 2.22. The molecule has 1 unspecified atom stereocenters. The van der Waals surface area contributed by atoms with Gasteiger partial charge in [0.15, 0.2) is 5.12 Å². The van der Waals surface area contributed by atoms with E-state index in [0.717, 1.165) is 30.6 Å². The number of aromatic nitrogens is 2. The molecule has 0 saturated carbocycles. The van der Waals surface area contributed by atoms with Crippen LogP contribution in [0.3, 0.4) is 0 Å². The molecule has 0 spiro atoms. The van der Waals surface area contributed by atoms with Gasteiger partial charge in [-0.05, 0) is 39.3 Å². The summed E-state index contributed by atoms with van der Waals surface area (Å²) in [6.07, 6.45) is 5.67. The first-order valence-corrected chi connectivity index (χ1v) is 8.49. The molecular weight excluding hydrogens is 314 g/mol. The molecule has 1 aromatic rings. The van der Waals surface area contributed by atoms with Gasteiger partial charge in [0, 0.05) is 30.5 Å². The van der Waals surface area contributed by atoms with E-state index in [2.05, 4.69) is 10.4 Å². The van der Waals surface area contributed by atoms with Crippen LogP contribution >= 0.6 is 11.8 Å². The van der Waals surface area contributed by atoms with Crippen molar-refractivity contribution in [3.63, 3.8) is 0 Å². The fourth-order valence-electron chi connectivity index (χ4n) is 2.28. The number of nitrogens with zero attached hydrogens (tertiary/aromatic N) is 2. The third-order valence-corrected chi connectivity index (χ3v) is 4.32. The molecule has 0 radical (unpaired) electrons. The molecule has 1 fully saturated rings. The molecule has 1 aliphatic heterocycles. The Morgan fingerprint density at radius 2 is 2.22 bits per heavy atom. The monoisotopic (exact) mass is 337 g/mol. The van der Waals surface area contributed by atoms with Gasteiger partial charge in [-0.3, -0.25) is 4.79 Å². The molecule has 2 heterocycles. The molecule has 0 aromatic carbocycles. The molecule has 1 aromatic heterocycles. The Hall–Kier alpha value is -1.60. The number of carbonyl (C=O) groups is 2. The minimum atomic E-state index is -0.557. The number of nitrogens with one attached hydrogen (secondary N) is 1. The van der Waals surface area contributed by atoms with E-state index in [-0.39, 0.29) is 10.4 Å². The Morgan fingerprint density at radius 3 is 2.87 bits per heavy atom. The lowest BCUT2D eigenvalue weighted by molar-refractivity contribution is -0.109. The standard InChI is InChI=1S/C16H23N3O3S/c1-11(20)23-14-5-6-17-9-13(14)7-12-8-18-19(10-12)15(21)22-16(2,3)4/h7-8,10,14,17H,5-6,9H2,1-4H3. The summed E-state index contributed by atoms with van der Waals surface area (Å²) in [6, 6.07) is 0. The van der Waals surface area contributed by atoms with Crippen molar-refractivity contribution in [2.75, 3.05) is 13.1 Å². The molecule has 1 atom stereocenters. The van der Waals surface area contributed by atoms with Crippen molar-refractivity contribution in [2.24, 2.45) is 0 Å². The van der Waals surface area contributed by atoms with Crippen LogP contribution in [0.15, 0.2) is 18.0 Å². The van der Waals surface area contributed by atoms with Gasteiger partial charge in [-0.25, -0.2) is 4.79 Å². The second-order valence-electron chi connectivity index (χ2n) is 6.48. The molecule has 0 aliphatic carbocycles. The first kappa shape index (κ1) is 17.7. The Labute approximate surface area is 140 Å². The third-order valence-electron chi connectivity index (χ3n) is 3.17. The van der Waals surface area contributed by atoms with E-state index in [4.69, 9.17) is 4.74 Å². The highest BCUT2D eigenvalue weighted by Crippen LogP contribution is 2.27. The van der Waals surface area contributed by atoms with E-state index in [0.29, 0.717) is 0 Å². The van der Waals surface area contributed by atoms with Crippen LogP contribution in [0.2, 0.25) is 0 Å². The largest absolute Gasteiger partial charge is 0.442 e. The predicted molar refractivity (Wildman–Crippen MR) is 91.4 cm³/mol. The number of hydrogen-bond donors (Lipinski definition) is 1. The van der Waals surface area contributed by atoms with Crippen molar-refractivity contribution in [1.29, 1.82) is 0 Å². The first-order valence-electron chi connectivity index (χ1n) is 7.61. The van der Waals surface area contributed by atoms with Gasteiger partial charge < -0.3 is 10.1 Å². The van der Waals surface area contributed by atoms with Gasteiger partial charge in [0.05, 0.1) is 6.20 Å². The fraction of sp³-hybridized carbons (Fsp3) is 0.562. The molecular formula is C16H23N3O3S. The van der Waals surface area contributed by atoms with Gasteiger partial charge in [-0.2, -0.15) is 9.78 Å². The number of thioether (sulfide) groups is 1. The summed E-state index contributed by atoms with van der Waals surface area (Å²) in [5, 5.41) is 7.66. The molecule has 0 bridgehead atoms. The SMILES string of the molecule is CC(=O)SC1CCNCC1=Cc1cnn(C(=O)OC(C)(C)C)c1. The number of ether oxygens (including phenoxy) is 1. The van der Waals surface area contributed by atoms with Crippen LogP contribution in [0.4, 0.5) is 4.79 Å². The van der Waals surface area contributed by atoms with Gasteiger partial charge in [0.2, 0.25) is 0 Å². The Balaban J connectivity index is 2.12. The van der Waals surface area contributed by atoms with Crippen molar-refractivity contribution in [3.05, 3.63) is 23.5 Å². The van der Waals surface area contributed by atoms with Gasteiger partial charge in [-0.15, -0.1) is 0 Å². The number of carbonyl (C=O) groups excluding carboxylic acids is 2. The van der Waals surface area contributed by atoms with Crippen LogP contribution in [0.5, 0.6) is 0 Å². The lowest BCUT2D eigenvalue weighted by atomic mass is 10.0. The van der Waals surface area contributed by atoms with Gasteiger partial charge >= 0.3 is 6.09 Å². The normalized spacial score (nSPS) is 20.5. The molecule has 23 heavy (non-hydrogen) atoms. The summed E-state index contributed by atoms with van der Waals surface area (Å²) in [7, 11) is 0. The Morgan fingerprint density at radius 1 is 1.48 bits per heavy atom. The maximum absolute atomic E-state index is 12.0. The van der Waals surface area contributed by atoms with Gasteiger partial charge in [-0.1, -0.05) is 17.8 Å². The van der Waals surface area contributed by atoms with Crippen LogP contribution in [0.25, 0.3) is 6.08 Å². The van der Waals surface area contributed by atoms with Crippen LogP contribution in [-0.4, -0.2) is 44.9 Å². The summed E-state index contributed by atoms with van der Waals surface area (Å²) in [5.41, 5.74) is 1.40. The first-order chi connectivity index (χ1) is 10.7. The predicted octanol–water partition coefficient (Wildman–Crippen LogP) is 2.69. The molecule has 7 heteroatoms. The molecule has 1 N–H and O–H groups in total.